The molecule has 3 N–H and O–H groups in total. The van der Waals surface area contributed by atoms with Crippen molar-refractivity contribution in [2.45, 2.75) is 26.7 Å². The normalized spacial score (nSPS) is 12.3. The highest BCUT2D eigenvalue weighted by molar-refractivity contribution is 6.06. The molecule has 9 nitrogen and oxygen atoms in total. The average molecular weight is 514 g/mol. The van der Waals surface area contributed by atoms with Crippen molar-refractivity contribution in [2.75, 3.05) is 44.0 Å². The van der Waals surface area contributed by atoms with E-state index in [4.69, 9.17) is 0 Å². The molecule has 1 atom stereocenters. The molecule has 1 unspecified atom stereocenters. The van der Waals surface area contributed by atoms with Crippen LogP contribution in [0.1, 0.15) is 42.6 Å². The van der Waals surface area contributed by atoms with Gasteiger partial charge >= 0.3 is 0 Å². The van der Waals surface area contributed by atoms with Gasteiger partial charge in [0, 0.05) is 74.5 Å². The number of aliphatic hydroxyl groups is 1. The van der Waals surface area contributed by atoms with E-state index < -0.39 is 0 Å². The molecule has 0 saturated carbocycles. The number of rotatable bonds is 10. The van der Waals surface area contributed by atoms with E-state index >= 15 is 0 Å². The van der Waals surface area contributed by atoms with Crippen LogP contribution in [0.25, 0.3) is 22.2 Å². The Balaban J connectivity index is 1.47. The first kappa shape index (κ1) is 26.9. The van der Waals surface area contributed by atoms with Crippen LogP contribution in [0, 0.1) is 5.41 Å². The van der Waals surface area contributed by atoms with Crippen LogP contribution >= 0.6 is 0 Å². The number of aromatic nitrogens is 4. The van der Waals surface area contributed by atoms with Crippen LogP contribution in [-0.4, -0.2) is 64.7 Å². The van der Waals surface area contributed by atoms with Crippen LogP contribution in [-0.2, 0) is 0 Å². The molecule has 9 heteroatoms. The van der Waals surface area contributed by atoms with Gasteiger partial charge in [-0.15, -0.1) is 0 Å². The van der Waals surface area contributed by atoms with Crippen molar-refractivity contribution >= 4 is 28.4 Å². The number of benzene rings is 1. The van der Waals surface area contributed by atoms with Crippen LogP contribution in [0.5, 0.6) is 0 Å². The third-order valence-electron chi connectivity index (χ3n) is 6.59. The third kappa shape index (κ3) is 6.06. The summed E-state index contributed by atoms with van der Waals surface area (Å²) in [6.45, 7) is 7.59. The predicted molar refractivity (Wildman–Crippen MR) is 151 cm³/mol. The maximum atomic E-state index is 12.3. The zero-order valence-corrected chi connectivity index (χ0v) is 22.6. The van der Waals surface area contributed by atoms with Crippen molar-refractivity contribution in [1.82, 2.24) is 25.3 Å². The van der Waals surface area contributed by atoms with E-state index in [9.17, 15) is 9.90 Å². The molecule has 1 amide bonds. The number of aliphatic hydroxyl groups excluding tert-OH is 1. The number of nitrogens with zero attached hydrogens (tertiary/aromatic N) is 5. The number of para-hydroxylation sites is 1. The zero-order valence-electron chi connectivity index (χ0n) is 22.6. The number of fused-ring (bicyclic) bond motifs is 1. The van der Waals surface area contributed by atoms with E-state index in [2.05, 4.69) is 37.5 Å². The fraction of sp³-hybridized carbons (Fsp3) is 0.345. The predicted octanol–water partition coefficient (Wildman–Crippen LogP) is 4.12. The van der Waals surface area contributed by atoms with Crippen molar-refractivity contribution in [3.05, 3.63) is 72.3 Å². The lowest BCUT2D eigenvalue weighted by Crippen LogP contribution is -2.34. The van der Waals surface area contributed by atoms with Crippen LogP contribution in [0.15, 0.2) is 61.2 Å². The van der Waals surface area contributed by atoms with Crippen molar-refractivity contribution in [3.63, 3.8) is 0 Å². The van der Waals surface area contributed by atoms with Crippen LogP contribution < -0.4 is 15.5 Å². The molecule has 3 heterocycles. The van der Waals surface area contributed by atoms with Gasteiger partial charge in [0.05, 0.1) is 16.8 Å². The minimum Gasteiger partial charge on any atom is -0.396 e. The molecule has 3 aromatic heterocycles. The van der Waals surface area contributed by atoms with E-state index in [1.165, 1.54) is 0 Å². The summed E-state index contributed by atoms with van der Waals surface area (Å²) in [5, 5.41) is 16.5. The Kier molecular flexibility index (Phi) is 8.16. The highest BCUT2D eigenvalue weighted by Gasteiger charge is 2.20. The Bertz CT molecular complexity index is 1410. The number of pyridine rings is 2. The van der Waals surface area contributed by atoms with Gasteiger partial charge in [-0.25, -0.2) is 15.0 Å². The largest absolute Gasteiger partial charge is 0.396 e. The number of hydrogen-bond acceptors (Lipinski definition) is 8. The average Bonchev–Trinajstić information content (AvgIpc) is 2.94. The van der Waals surface area contributed by atoms with Gasteiger partial charge in [-0.2, -0.15) is 0 Å². The van der Waals surface area contributed by atoms with E-state index in [0.29, 0.717) is 24.5 Å². The summed E-state index contributed by atoms with van der Waals surface area (Å²) in [5.41, 5.74) is 3.95. The molecular weight excluding hydrogens is 478 g/mol. The summed E-state index contributed by atoms with van der Waals surface area (Å²) >= 11 is 0. The number of hydrogen-bond donors (Lipinski definition) is 3. The fourth-order valence-corrected chi connectivity index (χ4v) is 4.45. The standard InChI is InChI=1S/C29H35N7O2/c1-19(21-7-6-8-22-23(28(38)30-4)11-12-31-27(21)22)14-32-25-13-24(34-18-35-25)20-9-10-26(33-15-20)36(5)16-29(2,3)17-37/h6-13,15,18-19,37H,14,16-17H2,1-5H3,(H,30,38)(H,32,34,35). The van der Waals surface area contributed by atoms with Crippen molar-refractivity contribution in [2.24, 2.45) is 5.41 Å². The summed E-state index contributed by atoms with van der Waals surface area (Å²) in [5.74, 6) is 1.54. The first-order valence-corrected chi connectivity index (χ1v) is 12.7. The van der Waals surface area contributed by atoms with Crippen LogP contribution in [0.4, 0.5) is 11.6 Å². The molecule has 0 fully saturated rings. The lowest BCUT2D eigenvalue weighted by Gasteiger charge is -2.29. The Morgan fingerprint density at radius 1 is 1.11 bits per heavy atom. The Hall–Kier alpha value is -4.11. The van der Waals surface area contributed by atoms with Gasteiger partial charge in [0.15, 0.2) is 0 Å². The Morgan fingerprint density at radius 3 is 2.63 bits per heavy atom. The van der Waals surface area contributed by atoms with E-state index in [0.717, 1.165) is 33.5 Å². The fourth-order valence-electron chi connectivity index (χ4n) is 4.45. The molecule has 0 aliphatic rings. The lowest BCUT2D eigenvalue weighted by molar-refractivity contribution is 0.0964. The van der Waals surface area contributed by atoms with Gasteiger partial charge in [-0.1, -0.05) is 39.0 Å². The molecule has 0 aliphatic carbocycles. The van der Waals surface area contributed by atoms with Crippen LogP contribution in [0.2, 0.25) is 0 Å². The Morgan fingerprint density at radius 2 is 1.92 bits per heavy atom. The molecule has 0 saturated heterocycles. The quantitative estimate of drug-likeness (QED) is 0.290. The summed E-state index contributed by atoms with van der Waals surface area (Å²) in [6, 6.07) is 13.5. The second-order valence-corrected chi connectivity index (χ2v) is 10.3. The summed E-state index contributed by atoms with van der Waals surface area (Å²) in [4.78, 5) is 32.3. The van der Waals surface area contributed by atoms with E-state index in [1.807, 2.05) is 62.2 Å². The van der Waals surface area contributed by atoms with Gasteiger partial charge in [0.2, 0.25) is 0 Å². The van der Waals surface area contributed by atoms with E-state index in [-0.39, 0.29) is 23.8 Å². The first-order chi connectivity index (χ1) is 18.2. The second-order valence-electron chi connectivity index (χ2n) is 10.3. The first-order valence-electron chi connectivity index (χ1n) is 12.7. The smallest absolute Gasteiger partial charge is 0.251 e. The number of carbonyl (C=O) groups is 1. The summed E-state index contributed by atoms with van der Waals surface area (Å²) in [6.07, 6.45) is 5.03. The summed E-state index contributed by atoms with van der Waals surface area (Å²) in [7, 11) is 3.60. The van der Waals surface area contributed by atoms with Crippen LogP contribution in [0.3, 0.4) is 0 Å². The maximum absolute atomic E-state index is 12.3. The number of amides is 1. The molecule has 0 spiro atoms. The molecular formula is C29H35N7O2. The van der Waals surface area contributed by atoms with Crippen molar-refractivity contribution in [3.8, 4) is 11.3 Å². The van der Waals surface area contributed by atoms with Gasteiger partial charge in [0.1, 0.15) is 18.0 Å². The molecule has 4 aromatic rings. The maximum Gasteiger partial charge on any atom is 0.251 e. The number of nitrogens with one attached hydrogen (secondary N) is 2. The molecule has 0 aliphatic heterocycles. The molecule has 1 aromatic carbocycles. The molecule has 0 bridgehead atoms. The highest BCUT2D eigenvalue weighted by Crippen LogP contribution is 2.27. The zero-order chi connectivity index (χ0) is 27.3. The number of anilines is 2. The lowest BCUT2D eigenvalue weighted by atomic mass is 9.94. The van der Waals surface area contributed by atoms with Gasteiger partial charge in [-0.05, 0) is 23.8 Å². The monoisotopic (exact) mass is 513 g/mol. The molecule has 38 heavy (non-hydrogen) atoms. The highest BCUT2D eigenvalue weighted by atomic mass is 16.3. The minimum atomic E-state index is -0.214. The second kappa shape index (κ2) is 11.5. The minimum absolute atomic E-state index is 0.110. The van der Waals surface area contributed by atoms with E-state index in [1.54, 1.807) is 31.8 Å². The molecule has 198 valence electrons. The van der Waals surface area contributed by atoms with Gasteiger partial charge in [0.25, 0.3) is 5.91 Å². The molecule has 0 radical (unpaired) electrons. The van der Waals surface area contributed by atoms with Gasteiger partial charge in [-0.3, -0.25) is 9.78 Å². The van der Waals surface area contributed by atoms with Crippen molar-refractivity contribution < 1.29 is 9.90 Å². The third-order valence-corrected chi connectivity index (χ3v) is 6.59. The Labute approximate surface area is 223 Å². The summed E-state index contributed by atoms with van der Waals surface area (Å²) < 4.78 is 0. The molecule has 4 rings (SSSR count). The van der Waals surface area contributed by atoms with Crippen molar-refractivity contribution in [1.29, 1.82) is 0 Å². The SMILES string of the molecule is CNC(=O)c1ccnc2c(C(C)CNc3cc(-c4ccc(N(C)CC(C)(C)CO)nc4)ncn3)cccc12. The number of carbonyl (C=O) groups excluding carboxylic acids is 1. The van der Waals surface area contributed by atoms with Gasteiger partial charge < -0.3 is 20.6 Å². The topological polar surface area (TPSA) is 116 Å².